The SMILES string of the molecule is CCN1CCOC(C(O)CC2OCCc3ccccc32)C1. The van der Waals surface area contributed by atoms with Gasteiger partial charge < -0.3 is 14.6 Å². The zero-order valence-corrected chi connectivity index (χ0v) is 12.7. The molecule has 1 saturated heterocycles. The second-order valence-corrected chi connectivity index (χ2v) is 5.91. The molecule has 4 nitrogen and oxygen atoms in total. The zero-order valence-electron chi connectivity index (χ0n) is 12.7. The molecule has 2 aliphatic rings. The van der Waals surface area contributed by atoms with Gasteiger partial charge in [-0.25, -0.2) is 0 Å². The number of fused-ring (bicyclic) bond motifs is 1. The summed E-state index contributed by atoms with van der Waals surface area (Å²) in [7, 11) is 0. The minimum Gasteiger partial charge on any atom is -0.390 e. The van der Waals surface area contributed by atoms with Gasteiger partial charge in [0.05, 0.1) is 31.5 Å². The average Bonchev–Trinajstić information content (AvgIpc) is 2.55. The smallest absolute Gasteiger partial charge is 0.0962 e. The summed E-state index contributed by atoms with van der Waals surface area (Å²) in [5, 5.41) is 10.5. The number of morpholine rings is 1. The molecule has 0 radical (unpaired) electrons. The average molecular weight is 291 g/mol. The van der Waals surface area contributed by atoms with E-state index >= 15 is 0 Å². The highest BCUT2D eigenvalue weighted by Gasteiger charge is 2.30. The predicted molar refractivity (Wildman–Crippen MR) is 81.3 cm³/mol. The van der Waals surface area contributed by atoms with Crippen LogP contribution in [0.2, 0.25) is 0 Å². The quantitative estimate of drug-likeness (QED) is 0.918. The van der Waals surface area contributed by atoms with Gasteiger partial charge in [0.2, 0.25) is 0 Å². The van der Waals surface area contributed by atoms with Gasteiger partial charge in [-0.1, -0.05) is 31.2 Å². The number of nitrogens with zero attached hydrogens (tertiary/aromatic N) is 1. The highest BCUT2D eigenvalue weighted by atomic mass is 16.5. The highest BCUT2D eigenvalue weighted by Crippen LogP contribution is 2.31. The summed E-state index contributed by atoms with van der Waals surface area (Å²) in [6, 6.07) is 8.39. The normalized spacial score (nSPS) is 28.1. The Morgan fingerprint density at radius 2 is 2.14 bits per heavy atom. The molecule has 3 unspecified atom stereocenters. The van der Waals surface area contributed by atoms with Crippen LogP contribution < -0.4 is 0 Å². The van der Waals surface area contributed by atoms with E-state index < -0.39 is 6.10 Å². The molecule has 0 amide bonds. The molecule has 1 aromatic rings. The van der Waals surface area contributed by atoms with E-state index in [0.717, 1.165) is 32.7 Å². The number of hydrogen-bond acceptors (Lipinski definition) is 4. The van der Waals surface area contributed by atoms with Crippen LogP contribution in [-0.2, 0) is 15.9 Å². The van der Waals surface area contributed by atoms with Crippen LogP contribution in [0.15, 0.2) is 24.3 Å². The summed E-state index contributed by atoms with van der Waals surface area (Å²) in [4.78, 5) is 2.33. The standard InChI is InChI=1S/C17H25NO3/c1-2-18-8-10-21-17(12-18)15(19)11-16-14-6-4-3-5-13(14)7-9-20-16/h3-6,15-17,19H,2,7-12H2,1H3. The highest BCUT2D eigenvalue weighted by molar-refractivity contribution is 5.31. The lowest BCUT2D eigenvalue weighted by Crippen LogP contribution is -2.48. The van der Waals surface area contributed by atoms with Crippen molar-refractivity contribution in [1.82, 2.24) is 4.90 Å². The monoisotopic (exact) mass is 291 g/mol. The van der Waals surface area contributed by atoms with Crippen molar-refractivity contribution >= 4 is 0 Å². The van der Waals surface area contributed by atoms with Crippen LogP contribution in [0.1, 0.15) is 30.6 Å². The van der Waals surface area contributed by atoms with Crippen molar-refractivity contribution in [2.45, 2.75) is 38.1 Å². The number of hydrogen-bond donors (Lipinski definition) is 1. The van der Waals surface area contributed by atoms with Crippen molar-refractivity contribution in [2.75, 3.05) is 32.8 Å². The third-order valence-corrected chi connectivity index (χ3v) is 4.60. The summed E-state index contributed by atoms with van der Waals surface area (Å²) < 4.78 is 11.6. The Bertz CT molecular complexity index is 465. The largest absolute Gasteiger partial charge is 0.390 e. The van der Waals surface area contributed by atoms with E-state index in [1.165, 1.54) is 11.1 Å². The van der Waals surface area contributed by atoms with Gasteiger partial charge in [0.25, 0.3) is 0 Å². The Morgan fingerprint density at radius 1 is 1.29 bits per heavy atom. The van der Waals surface area contributed by atoms with Gasteiger partial charge >= 0.3 is 0 Å². The van der Waals surface area contributed by atoms with Gasteiger partial charge in [0, 0.05) is 19.5 Å². The summed E-state index contributed by atoms with van der Waals surface area (Å²) in [6.45, 7) is 6.37. The van der Waals surface area contributed by atoms with Gasteiger partial charge in [0.15, 0.2) is 0 Å². The fourth-order valence-electron chi connectivity index (χ4n) is 3.29. The van der Waals surface area contributed by atoms with Crippen LogP contribution in [0.5, 0.6) is 0 Å². The Hall–Kier alpha value is -0.940. The van der Waals surface area contributed by atoms with E-state index in [4.69, 9.17) is 9.47 Å². The Labute approximate surface area is 126 Å². The fourth-order valence-corrected chi connectivity index (χ4v) is 3.29. The van der Waals surface area contributed by atoms with Crippen molar-refractivity contribution < 1.29 is 14.6 Å². The lowest BCUT2D eigenvalue weighted by Gasteiger charge is -2.36. The third kappa shape index (κ3) is 3.46. The molecule has 21 heavy (non-hydrogen) atoms. The maximum absolute atomic E-state index is 10.5. The number of aliphatic hydroxyl groups excluding tert-OH is 1. The van der Waals surface area contributed by atoms with Crippen LogP contribution in [0, 0.1) is 0 Å². The number of rotatable bonds is 4. The zero-order chi connectivity index (χ0) is 14.7. The van der Waals surface area contributed by atoms with Gasteiger partial charge in [-0.05, 0) is 24.1 Å². The minimum absolute atomic E-state index is 0.00875. The number of likely N-dealkylation sites (N-methyl/N-ethyl adjacent to an activating group) is 1. The first-order valence-corrected chi connectivity index (χ1v) is 7.99. The maximum atomic E-state index is 10.5. The van der Waals surface area contributed by atoms with Gasteiger partial charge in [-0.15, -0.1) is 0 Å². The molecular weight excluding hydrogens is 266 g/mol. The maximum Gasteiger partial charge on any atom is 0.0962 e. The van der Waals surface area contributed by atoms with Crippen molar-refractivity contribution in [3.63, 3.8) is 0 Å². The summed E-state index contributed by atoms with van der Waals surface area (Å²) in [5.41, 5.74) is 2.58. The molecule has 0 bridgehead atoms. The molecule has 2 aliphatic heterocycles. The lowest BCUT2D eigenvalue weighted by molar-refractivity contribution is -0.105. The molecule has 1 aromatic carbocycles. The van der Waals surface area contributed by atoms with Crippen molar-refractivity contribution in [2.24, 2.45) is 0 Å². The molecule has 1 N–H and O–H groups in total. The molecule has 1 fully saturated rings. The second-order valence-electron chi connectivity index (χ2n) is 5.91. The molecule has 0 saturated carbocycles. The van der Waals surface area contributed by atoms with Crippen LogP contribution in [-0.4, -0.2) is 55.1 Å². The molecule has 0 aliphatic carbocycles. The Kier molecular flexibility index (Phi) is 4.91. The van der Waals surface area contributed by atoms with Crippen molar-refractivity contribution in [1.29, 1.82) is 0 Å². The molecule has 0 spiro atoms. The molecule has 2 heterocycles. The molecule has 116 valence electrons. The topological polar surface area (TPSA) is 41.9 Å². The summed E-state index contributed by atoms with van der Waals surface area (Å²) in [5.74, 6) is 0. The van der Waals surface area contributed by atoms with Crippen molar-refractivity contribution in [3.8, 4) is 0 Å². The van der Waals surface area contributed by atoms with Crippen LogP contribution in [0.4, 0.5) is 0 Å². The molecule has 4 heteroatoms. The van der Waals surface area contributed by atoms with E-state index in [0.29, 0.717) is 13.0 Å². The second kappa shape index (κ2) is 6.88. The van der Waals surface area contributed by atoms with E-state index in [9.17, 15) is 5.11 Å². The first kappa shape index (κ1) is 15.0. The van der Waals surface area contributed by atoms with Gasteiger partial charge in [0.1, 0.15) is 0 Å². The van der Waals surface area contributed by atoms with E-state index in [1.807, 2.05) is 6.07 Å². The van der Waals surface area contributed by atoms with Gasteiger partial charge in [-0.2, -0.15) is 0 Å². The van der Waals surface area contributed by atoms with Crippen LogP contribution in [0.25, 0.3) is 0 Å². The first-order chi connectivity index (χ1) is 10.3. The number of benzene rings is 1. The number of aliphatic hydroxyl groups is 1. The van der Waals surface area contributed by atoms with Gasteiger partial charge in [-0.3, -0.25) is 4.90 Å². The molecule has 0 aromatic heterocycles. The van der Waals surface area contributed by atoms with E-state index in [1.54, 1.807) is 0 Å². The van der Waals surface area contributed by atoms with E-state index in [2.05, 4.69) is 30.0 Å². The predicted octanol–water partition coefficient (Wildman–Crippen LogP) is 1.77. The Balaban J connectivity index is 1.64. The fraction of sp³-hybridized carbons (Fsp3) is 0.647. The minimum atomic E-state index is -0.476. The van der Waals surface area contributed by atoms with Crippen LogP contribution in [0.3, 0.4) is 0 Å². The summed E-state index contributed by atoms with van der Waals surface area (Å²) in [6.07, 6.45) is 0.989. The first-order valence-electron chi connectivity index (χ1n) is 7.99. The number of ether oxygens (including phenoxy) is 2. The molecule has 3 atom stereocenters. The Morgan fingerprint density at radius 3 is 3.00 bits per heavy atom. The lowest BCUT2D eigenvalue weighted by atomic mass is 9.93. The summed E-state index contributed by atoms with van der Waals surface area (Å²) >= 11 is 0. The molecular formula is C17H25NO3. The molecule has 3 rings (SSSR count). The third-order valence-electron chi connectivity index (χ3n) is 4.60. The van der Waals surface area contributed by atoms with E-state index in [-0.39, 0.29) is 12.2 Å². The van der Waals surface area contributed by atoms with Crippen LogP contribution >= 0.6 is 0 Å². The van der Waals surface area contributed by atoms with Crippen molar-refractivity contribution in [3.05, 3.63) is 35.4 Å².